The average Bonchev–Trinajstić information content (AvgIpc) is 2.62. The largest absolute Gasteiger partial charge is 0.463 e. The SMILES string of the molecule is CC(=O)OC[C@H]1O[C@H](OC/C=C\C[Si](C)(C)C)[C@H](OC(C)=O)[C@@H](OC(C)=O)[C@@H]1OC(C)=O. The van der Waals surface area contributed by atoms with Crippen LogP contribution >= 0.6 is 0 Å². The Balaban J connectivity index is 3.16. The van der Waals surface area contributed by atoms with E-state index in [0.29, 0.717) is 0 Å². The molecule has 0 aliphatic carbocycles. The lowest BCUT2D eigenvalue weighted by Crippen LogP contribution is -2.62. The van der Waals surface area contributed by atoms with Crippen LogP contribution in [0.2, 0.25) is 25.7 Å². The summed E-state index contributed by atoms with van der Waals surface area (Å²) in [6.45, 7) is 11.3. The summed E-state index contributed by atoms with van der Waals surface area (Å²) < 4.78 is 32.6. The van der Waals surface area contributed by atoms with E-state index >= 15 is 0 Å². The first-order valence-corrected chi connectivity index (χ1v) is 14.1. The van der Waals surface area contributed by atoms with Crippen LogP contribution in [0.4, 0.5) is 0 Å². The van der Waals surface area contributed by atoms with Gasteiger partial charge in [0.2, 0.25) is 0 Å². The molecule has 1 fully saturated rings. The van der Waals surface area contributed by atoms with Crippen molar-refractivity contribution >= 4 is 32.0 Å². The minimum atomic E-state index is -1.27. The Labute approximate surface area is 189 Å². The van der Waals surface area contributed by atoms with E-state index in [2.05, 4.69) is 19.6 Å². The van der Waals surface area contributed by atoms with E-state index in [4.69, 9.17) is 28.4 Å². The zero-order valence-corrected chi connectivity index (χ0v) is 20.7. The number of hydrogen-bond acceptors (Lipinski definition) is 10. The third-order valence-corrected chi connectivity index (χ3v) is 5.66. The van der Waals surface area contributed by atoms with Crippen LogP contribution in [0.5, 0.6) is 0 Å². The Kier molecular flexibility index (Phi) is 11.0. The van der Waals surface area contributed by atoms with Gasteiger partial charge in [-0.05, 0) is 6.04 Å². The molecule has 32 heavy (non-hydrogen) atoms. The fraction of sp³-hybridized carbons (Fsp3) is 0.714. The van der Waals surface area contributed by atoms with Gasteiger partial charge in [-0.25, -0.2) is 0 Å². The normalized spacial score (nSPS) is 25.8. The molecule has 1 saturated heterocycles. The summed E-state index contributed by atoms with van der Waals surface area (Å²) in [6.07, 6.45) is -1.97. The lowest BCUT2D eigenvalue weighted by Gasteiger charge is -2.43. The van der Waals surface area contributed by atoms with Crippen LogP contribution in [0.3, 0.4) is 0 Å². The van der Waals surface area contributed by atoms with Crippen molar-refractivity contribution in [1.29, 1.82) is 0 Å². The number of carbonyl (C=O) groups excluding carboxylic acids is 4. The molecule has 0 saturated carbocycles. The first-order valence-electron chi connectivity index (χ1n) is 10.4. The molecular weight excluding hydrogens is 440 g/mol. The van der Waals surface area contributed by atoms with E-state index in [-0.39, 0.29) is 13.2 Å². The van der Waals surface area contributed by atoms with Gasteiger partial charge in [0, 0.05) is 35.8 Å². The number of ether oxygens (including phenoxy) is 6. The summed E-state index contributed by atoms with van der Waals surface area (Å²) in [6, 6.07) is 0.953. The van der Waals surface area contributed by atoms with Crippen molar-refractivity contribution in [2.75, 3.05) is 13.2 Å². The van der Waals surface area contributed by atoms with Crippen LogP contribution in [0.1, 0.15) is 27.7 Å². The molecule has 5 atom stereocenters. The van der Waals surface area contributed by atoms with Crippen LogP contribution in [-0.2, 0) is 47.6 Å². The second-order valence-electron chi connectivity index (χ2n) is 8.64. The standard InChI is InChI=1S/C21H34O10Si/c1-13(22)27-12-17-18(28-14(2)23)19(29-15(3)24)20(30-16(4)25)21(31-17)26-10-8-9-11-32(5,6)7/h8-9,17-21H,10-12H2,1-7H3/b9-8-/t17-,18-,19+,20-,21+/m1/s1. The fourth-order valence-corrected chi connectivity index (χ4v) is 3.85. The highest BCUT2D eigenvalue weighted by Gasteiger charge is 2.52. The Bertz CT molecular complexity index is 699. The number of esters is 4. The highest BCUT2D eigenvalue weighted by molar-refractivity contribution is 6.76. The summed E-state index contributed by atoms with van der Waals surface area (Å²) in [5.74, 6) is -2.61. The van der Waals surface area contributed by atoms with Gasteiger partial charge < -0.3 is 28.4 Å². The predicted octanol–water partition coefficient (Wildman–Crippen LogP) is 1.98. The van der Waals surface area contributed by atoms with E-state index in [1.807, 2.05) is 12.2 Å². The van der Waals surface area contributed by atoms with Gasteiger partial charge in [0.25, 0.3) is 0 Å². The molecule has 182 valence electrons. The van der Waals surface area contributed by atoms with Crippen molar-refractivity contribution in [1.82, 2.24) is 0 Å². The van der Waals surface area contributed by atoms with E-state index in [0.717, 1.165) is 6.04 Å². The third-order valence-electron chi connectivity index (χ3n) is 4.20. The van der Waals surface area contributed by atoms with Gasteiger partial charge in [0.15, 0.2) is 24.6 Å². The number of hydrogen-bond donors (Lipinski definition) is 0. The predicted molar refractivity (Wildman–Crippen MR) is 115 cm³/mol. The summed E-state index contributed by atoms with van der Waals surface area (Å²) in [4.78, 5) is 46.5. The summed E-state index contributed by atoms with van der Waals surface area (Å²) >= 11 is 0. The maximum atomic E-state index is 11.8. The maximum absolute atomic E-state index is 11.8. The third kappa shape index (κ3) is 10.4. The van der Waals surface area contributed by atoms with Crippen LogP contribution in [0.15, 0.2) is 12.2 Å². The molecule has 0 bridgehead atoms. The van der Waals surface area contributed by atoms with Crippen LogP contribution < -0.4 is 0 Å². The molecule has 1 heterocycles. The molecule has 1 rings (SSSR count). The number of carbonyl (C=O) groups is 4. The zero-order chi connectivity index (χ0) is 24.5. The number of rotatable bonds is 10. The van der Waals surface area contributed by atoms with Crippen molar-refractivity contribution in [3.63, 3.8) is 0 Å². The van der Waals surface area contributed by atoms with Gasteiger partial charge in [-0.1, -0.05) is 31.8 Å². The minimum Gasteiger partial charge on any atom is -0.463 e. The quantitative estimate of drug-likeness (QED) is 0.201. The molecule has 10 nitrogen and oxygen atoms in total. The number of allylic oxidation sites excluding steroid dienone is 1. The van der Waals surface area contributed by atoms with Gasteiger partial charge in [-0.3, -0.25) is 19.2 Å². The molecule has 0 aromatic rings. The van der Waals surface area contributed by atoms with Crippen molar-refractivity contribution in [3.05, 3.63) is 12.2 Å². The Morgan fingerprint density at radius 1 is 0.781 bits per heavy atom. The topological polar surface area (TPSA) is 124 Å². The van der Waals surface area contributed by atoms with E-state index in [1.54, 1.807) is 0 Å². The molecule has 0 aromatic carbocycles. The van der Waals surface area contributed by atoms with Gasteiger partial charge in [0.1, 0.15) is 12.7 Å². The average molecular weight is 475 g/mol. The smallest absolute Gasteiger partial charge is 0.303 e. The first-order chi connectivity index (χ1) is 14.8. The van der Waals surface area contributed by atoms with E-state index < -0.39 is 62.7 Å². The Morgan fingerprint density at radius 2 is 1.31 bits per heavy atom. The maximum Gasteiger partial charge on any atom is 0.303 e. The molecular formula is C21H34O10Si. The molecule has 0 spiro atoms. The van der Waals surface area contributed by atoms with Crippen molar-refractivity contribution in [2.24, 2.45) is 0 Å². The molecule has 0 radical (unpaired) electrons. The Hall–Kier alpha value is -2.24. The Morgan fingerprint density at radius 3 is 1.81 bits per heavy atom. The van der Waals surface area contributed by atoms with Gasteiger partial charge in [0.05, 0.1) is 6.61 Å². The molecule has 0 amide bonds. The molecule has 1 aliphatic rings. The minimum absolute atomic E-state index is 0.137. The lowest BCUT2D eigenvalue weighted by molar-refractivity contribution is -0.305. The summed E-state index contributed by atoms with van der Waals surface area (Å²) in [7, 11) is -1.27. The van der Waals surface area contributed by atoms with Crippen molar-refractivity contribution < 1.29 is 47.6 Å². The second kappa shape index (κ2) is 12.7. The molecule has 0 unspecified atom stereocenters. The molecule has 0 aromatic heterocycles. The van der Waals surface area contributed by atoms with Crippen LogP contribution in [0.25, 0.3) is 0 Å². The molecule has 0 N–H and O–H groups in total. The summed E-state index contributed by atoms with van der Waals surface area (Å²) in [5, 5.41) is 0. The van der Waals surface area contributed by atoms with Gasteiger partial charge in [-0.2, -0.15) is 0 Å². The molecule has 1 aliphatic heterocycles. The molecule has 11 heteroatoms. The summed E-state index contributed by atoms with van der Waals surface area (Å²) in [5.41, 5.74) is 0. The lowest BCUT2D eigenvalue weighted by atomic mass is 9.98. The van der Waals surface area contributed by atoms with E-state index in [1.165, 1.54) is 27.7 Å². The van der Waals surface area contributed by atoms with Gasteiger partial charge >= 0.3 is 23.9 Å². The highest BCUT2D eigenvalue weighted by atomic mass is 28.3. The monoisotopic (exact) mass is 474 g/mol. The van der Waals surface area contributed by atoms with Gasteiger partial charge in [-0.15, -0.1) is 0 Å². The van der Waals surface area contributed by atoms with Crippen LogP contribution in [-0.4, -0.2) is 75.9 Å². The second-order valence-corrected chi connectivity index (χ2v) is 14.2. The fourth-order valence-electron chi connectivity index (χ4n) is 2.98. The van der Waals surface area contributed by atoms with Crippen molar-refractivity contribution in [2.45, 2.75) is 84.1 Å². The first kappa shape index (κ1) is 27.8. The van der Waals surface area contributed by atoms with Crippen molar-refractivity contribution in [3.8, 4) is 0 Å². The highest BCUT2D eigenvalue weighted by Crippen LogP contribution is 2.30. The zero-order valence-electron chi connectivity index (χ0n) is 19.7. The van der Waals surface area contributed by atoms with Crippen LogP contribution in [0, 0.1) is 0 Å². The van der Waals surface area contributed by atoms with E-state index in [9.17, 15) is 19.2 Å².